The summed E-state index contributed by atoms with van der Waals surface area (Å²) in [6, 6.07) is 0. The molecule has 6 nitrogen and oxygen atoms in total. The molecular formula is C10H12N2O4S. The van der Waals surface area contributed by atoms with Gasteiger partial charge in [0.05, 0.1) is 11.5 Å². The van der Waals surface area contributed by atoms with Crippen molar-refractivity contribution < 1.29 is 18.3 Å². The lowest BCUT2D eigenvalue weighted by molar-refractivity contribution is -0.138. The maximum atomic E-state index is 11.4. The molecule has 1 atom stereocenters. The van der Waals surface area contributed by atoms with Crippen molar-refractivity contribution in [2.75, 3.05) is 5.75 Å². The van der Waals surface area contributed by atoms with Crippen LogP contribution in [0.15, 0.2) is 6.20 Å². The van der Waals surface area contributed by atoms with Crippen molar-refractivity contribution in [1.82, 2.24) is 9.97 Å². The van der Waals surface area contributed by atoms with Crippen molar-refractivity contribution in [1.29, 1.82) is 0 Å². The minimum absolute atomic E-state index is 0.0515. The molecule has 0 spiro atoms. The van der Waals surface area contributed by atoms with Crippen molar-refractivity contribution in [3.05, 3.63) is 23.3 Å². The topological polar surface area (TPSA) is 97.2 Å². The average molecular weight is 256 g/mol. The fraction of sp³-hybridized carbons (Fsp3) is 0.500. The number of hydrogen-bond acceptors (Lipinski definition) is 5. The molecular weight excluding hydrogens is 244 g/mol. The summed E-state index contributed by atoms with van der Waals surface area (Å²) in [4.78, 5) is 18.9. The van der Waals surface area contributed by atoms with Gasteiger partial charge in [-0.15, -0.1) is 0 Å². The molecule has 1 N–H and O–H groups in total. The van der Waals surface area contributed by atoms with Crippen LogP contribution in [0.3, 0.4) is 0 Å². The second kappa shape index (κ2) is 4.06. The van der Waals surface area contributed by atoms with E-state index < -0.39 is 21.7 Å². The summed E-state index contributed by atoms with van der Waals surface area (Å²) in [6.45, 7) is 1.50. The monoisotopic (exact) mass is 256 g/mol. The quantitative estimate of drug-likeness (QED) is 0.808. The Hall–Kier alpha value is -1.50. The van der Waals surface area contributed by atoms with E-state index in [0.29, 0.717) is 17.7 Å². The Balaban J connectivity index is 2.37. The third-order valence-corrected chi connectivity index (χ3v) is 4.33. The van der Waals surface area contributed by atoms with E-state index in [4.69, 9.17) is 5.11 Å². The number of carboxylic acid groups (broad SMARTS) is 1. The highest BCUT2D eigenvalue weighted by Crippen LogP contribution is 2.20. The normalized spacial score (nSPS) is 19.4. The van der Waals surface area contributed by atoms with Crippen molar-refractivity contribution in [3.63, 3.8) is 0 Å². The zero-order chi connectivity index (χ0) is 12.6. The first kappa shape index (κ1) is 12.0. The van der Waals surface area contributed by atoms with E-state index in [2.05, 4.69) is 9.97 Å². The van der Waals surface area contributed by atoms with Crippen LogP contribution in [-0.2, 0) is 26.8 Å². The predicted octanol–water partition coefficient (Wildman–Crippen LogP) is 0.136. The van der Waals surface area contributed by atoms with Crippen LogP contribution in [0.4, 0.5) is 0 Å². The molecule has 7 heteroatoms. The van der Waals surface area contributed by atoms with Crippen LogP contribution >= 0.6 is 0 Å². The Labute approximate surface area is 98.6 Å². The third-order valence-electron chi connectivity index (χ3n) is 2.76. The number of hydrogen-bond donors (Lipinski definition) is 1. The van der Waals surface area contributed by atoms with Gasteiger partial charge in [0, 0.05) is 23.9 Å². The molecule has 0 aromatic carbocycles. The average Bonchev–Trinajstić information content (AvgIpc) is 2.26. The fourth-order valence-corrected chi connectivity index (χ4v) is 3.04. The zero-order valence-electron chi connectivity index (χ0n) is 9.25. The third kappa shape index (κ3) is 2.44. The molecule has 1 aromatic heterocycles. The number of aliphatic carboxylic acids is 1. The molecule has 0 amide bonds. The molecule has 0 aliphatic carbocycles. The van der Waals surface area contributed by atoms with Gasteiger partial charge in [-0.05, 0) is 6.92 Å². The van der Waals surface area contributed by atoms with Gasteiger partial charge in [0.2, 0.25) is 0 Å². The maximum Gasteiger partial charge on any atom is 0.313 e. The number of carbonyl (C=O) groups is 1. The summed E-state index contributed by atoms with van der Waals surface area (Å²) in [7, 11) is -3.04. The van der Waals surface area contributed by atoms with Crippen LogP contribution in [0.25, 0.3) is 0 Å². The first-order valence-corrected chi connectivity index (χ1v) is 6.99. The SMILES string of the molecule is CC(C(=O)O)c1ncc2c(n1)CCS(=O)(=O)C2. The fourth-order valence-electron chi connectivity index (χ4n) is 1.67. The van der Waals surface area contributed by atoms with Gasteiger partial charge >= 0.3 is 5.97 Å². The largest absolute Gasteiger partial charge is 0.481 e. The molecule has 2 heterocycles. The first-order valence-electron chi connectivity index (χ1n) is 5.17. The lowest BCUT2D eigenvalue weighted by Gasteiger charge is -2.16. The van der Waals surface area contributed by atoms with Crippen LogP contribution in [0, 0.1) is 0 Å². The van der Waals surface area contributed by atoms with Gasteiger partial charge in [0.1, 0.15) is 11.7 Å². The second-order valence-corrected chi connectivity index (χ2v) is 6.29. The predicted molar refractivity (Wildman–Crippen MR) is 59.3 cm³/mol. The Bertz CT molecular complexity index is 568. The minimum Gasteiger partial charge on any atom is -0.481 e. The molecule has 92 valence electrons. The molecule has 1 aliphatic rings. The van der Waals surface area contributed by atoms with Crippen molar-refractivity contribution in [2.24, 2.45) is 0 Å². The molecule has 0 fully saturated rings. The summed E-state index contributed by atoms with van der Waals surface area (Å²) >= 11 is 0. The van der Waals surface area contributed by atoms with E-state index in [0.717, 1.165) is 0 Å². The van der Waals surface area contributed by atoms with E-state index in [1.165, 1.54) is 13.1 Å². The van der Waals surface area contributed by atoms with Crippen molar-refractivity contribution >= 4 is 15.8 Å². The number of nitrogens with zero attached hydrogens (tertiary/aromatic N) is 2. The number of sulfone groups is 1. The summed E-state index contributed by atoms with van der Waals surface area (Å²) < 4.78 is 22.8. The summed E-state index contributed by atoms with van der Waals surface area (Å²) in [5, 5.41) is 8.85. The molecule has 0 saturated heterocycles. The molecule has 1 aliphatic heterocycles. The summed E-state index contributed by atoms with van der Waals surface area (Å²) in [5.74, 6) is -1.52. The zero-order valence-corrected chi connectivity index (χ0v) is 10.1. The second-order valence-electron chi connectivity index (χ2n) is 4.10. The Kier molecular flexibility index (Phi) is 2.86. The van der Waals surface area contributed by atoms with Gasteiger partial charge in [-0.2, -0.15) is 0 Å². The molecule has 2 rings (SSSR count). The van der Waals surface area contributed by atoms with E-state index in [-0.39, 0.29) is 17.3 Å². The first-order chi connectivity index (χ1) is 7.89. The number of aromatic nitrogens is 2. The van der Waals surface area contributed by atoms with Gasteiger partial charge in [-0.1, -0.05) is 0 Å². The van der Waals surface area contributed by atoms with Crippen molar-refractivity contribution in [2.45, 2.75) is 25.0 Å². The van der Waals surface area contributed by atoms with Crippen LogP contribution in [0.2, 0.25) is 0 Å². The van der Waals surface area contributed by atoms with Crippen LogP contribution in [-0.4, -0.2) is 35.2 Å². The molecule has 1 unspecified atom stereocenters. The smallest absolute Gasteiger partial charge is 0.313 e. The highest BCUT2D eigenvalue weighted by atomic mass is 32.2. The molecule has 0 bridgehead atoms. The van der Waals surface area contributed by atoms with Crippen molar-refractivity contribution in [3.8, 4) is 0 Å². The molecule has 1 aromatic rings. The Morgan fingerprint density at radius 1 is 1.53 bits per heavy atom. The number of fused-ring (bicyclic) bond motifs is 1. The summed E-state index contributed by atoms with van der Waals surface area (Å²) in [5.41, 5.74) is 1.23. The van der Waals surface area contributed by atoms with Crippen LogP contribution < -0.4 is 0 Å². The van der Waals surface area contributed by atoms with Gasteiger partial charge < -0.3 is 5.11 Å². The van der Waals surface area contributed by atoms with E-state index >= 15 is 0 Å². The van der Waals surface area contributed by atoms with Gasteiger partial charge in [-0.3, -0.25) is 4.79 Å². The van der Waals surface area contributed by atoms with Crippen LogP contribution in [0.5, 0.6) is 0 Å². The van der Waals surface area contributed by atoms with Gasteiger partial charge in [0.15, 0.2) is 9.84 Å². The lowest BCUT2D eigenvalue weighted by atomic mass is 10.1. The number of aryl methyl sites for hydroxylation is 1. The van der Waals surface area contributed by atoms with E-state index in [1.807, 2.05) is 0 Å². The maximum absolute atomic E-state index is 11.4. The van der Waals surface area contributed by atoms with E-state index in [9.17, 15) is 13.2 Å². The molecule has 0 radical (unpaired) electrons. The Morgan fingerprint density at radius 3 is 2.88 bits per heavy atom. The van der Waals surface area contributed by atoms with Gasteiger partial charge in [0.25, 0.3) is 0 Å². The lowest BCUT2D eigenvalue weighted by Crippen LogP contribution is -2.22. The number of rotatable bonds is 2. The minimum atomic E-state index is -3.04. The standard InChI is InChI=1S/C10H12N2O4S/c1-6(10(13)14)9-11-4-7-5-17(15,16)3-2-8(7)12-9/h4,6H,2-3,5H2,1H3,(H,13,14). The van der Waals surface area contributed by atoms with Crippen LogP contribution in [0.1, 0.15) is 29.9 Å². The summed E-state index contributed by atoms with van der Waals surface area (Å²) in [6.07, 6.45) is 1.76. The Morgan fingerprint density at radius 2 is 2.24 bits per heavy atom. The molecule has 17 heavy (non-hydrogen) atoms. The van der Waals surface area contributed by atoms with Gasteiger partial charge in [-0.25, -0.2) is 18.4 Å². The highest BCUT2D eigenvalue weighted by Gasteiger charge is 2.25. The number of carboxylic acids is 1. The molecule has 0 saturated carbocycles. The van der Waals surface area contributed by atoms with E-state index in [1.54, 1.807) is 0 Å². The highest BCUT2D eigenvalue weighted by molar-refractivity contribution is 7.90.